The monoisotopic (exact) mass is 485 g/mol. The van der Waals surface area contributed by atoms with E-state index in [4.69, 9.17) is 37.4 Å². The lowest BCUT2D eigenvalue weighted by Crippen LogP contribution is -2.12. The molecule has 7 nitrogen and oxygen atoms in total. The summed E-state index contributed by atoms with van der Waals surface area (Å²) < 4.78 is 16.5. The minimum absolute atomic E-state index is 0.335. The number of anilines is 1. The lowest BCUT2D eigenvalue weighted by Gasteiger charge is -2.13. The number of thioether (sulfide) groups is 1. The molecule has 0 spiro atoms. The fraction of sp³-hybridized carbons (Fsp3) is 0.211. The predicted octanol–water partition coefficient (Wildman–Crippen LogP) is 5.42. The third kappa shape index (κ3) is 5.28. The van der Waals surface area contributed by atoms with Gasteiger partial charge in [0.15, 0.2) is 15.8 Å². The molecule has 3 aromatic rings. The number of rotatable bonds is 8. The summed E-state index contributed by atoms with van der Waals surface area (Å²) in [5, 5.41) is 12.4. The van der Waals surface area contributed by atoms with E-state index in [1.165, 1.54) is 44.4 Å². The van der Waals surface area contributed by atoms with Crippen LogP contribution in [0.1, 0.15) is 15.9 Å². The van der Waals surface area contributed by atoms with E-state index in [0.717, 1.165) is 5.56 Å². The summed E-state index contributed by atoms with van der Waals surface area (Å²) in [6.45, 7) is 0. The van der Waals surface area contributed by atoms with Crippen LogP contribution in [-0.4, -0.2) is 37.4 Å². The molecule has 30 heavy (non-hydrogen) atoms. The third-order valence-corrected chi connectivity index (χ3v) is 6.53. The summed E-state index contributed by atoms with van der Waals surface area (Å²) in [6.07, 6.45) is 0. The molecule has 0 radical (unpaired) electrons. The Morgan fingerprint density at radius 1 is 1.07 bits per heavy atom. The van der Waals surface area contributed by atoms with Crippen LogP contribution in [0.4, 0.5) is 5.13 Å². The van der Waals surface area contributed by atoms with Crippen molar-refractivity contribution in [1.29, 1.82) is 0 Å². The molecular weight excluding hydrogens is 469 g/mol. The molecule has 0 bridgehead atoms. The number of hydrogen-bond acceptors (Lipinski definition) is 8. The average molecular weight is 486 g/mol. The number of benzene rings is 2. The van der Waals surface area contributed by atoms with Crippen LogP contribution in [0.3, 0.4) is 0 Å². The summed E-state index contributed by atoms with van der Waals surface area (Å²) in [5.74, 6) is 1.41. The van der Waals surface area contributed by atoms with Gasteiger partial charge >= 0.3 is 0 Å². The van der Waals surface area contributed by atoms with Crippen molar-refractivity contribution in [3.8, 4) is 17.2 Å². The number of amides is 1. The van der Waals surface area contributed by atoms with Gasteiger partial charge in [-0.2, -0.15) is 0 Å². The smallest absolute Gasteiger partial charge is 0.257 e. The van der Waals surface area contributed by atoms with Gasteiger partial charge in [-0.1, -0.05) is 52.4 Å². The number of carbonyl (C=O) groups excluding carboxylic acids is 1. The van der Waals surface area contributed by atoms with Crippen LogP contribution in [0.5, 0.6) is 17.2 Å². The molecule has 0 aliphatic rings. The first-order valence-corrected chi connectivity index (χ1v) is 11.0. The largest absolute Gasteiger partial charge is 0.493 e. The van der Waals surface area contributed by atoms with Gasteiger partial charge in [-0.05, 0) is 29.8 Å². The minimum atomic E-state index is -0.373. The second kappa shape index (κ2) is 10.2. The van der Waals surface area contributed by atoms with Crippen LogP contribution in [-0.2, 0) is 5.75 Å². The van der Waals surface area contributed by atoms with E-state index >= 15 is 0 Å². The van der Waals surface area contributed by atoms with E-state index in [9.17, 15) is 4.79 Å². The summed E-state index contributed by atoms with van der Waals surface area (Å²) in [6, 6.07) is 8.48. The quantitative estimate of drug-likeness (QED) is 0.337. The van der Waals surface area contributed by atoms with Crippen LogP contribution in [0, 0.1) is 0 Å². The van der Waals surface area contributed by atoms with Crippen molar-refractivity contribution in [3.63, 3.8) is 0 Å². The number of ether oxygens (including phenoxy) is 3. The van der Waals surface area contributed by atoms with E-state index in [1.54, 1.807) is 24.3 Å². The van der Waals surface area contributed by atoms with Crippen molar-refractivity contribution in [2.45, 2.75) is 10.1 Å². The van der Waals surface area contributed by atoms with Crippen molar-refractivity contribution in [1.82, 2.24) is 10.2 Å². The molecule has 0 atom stereocenters. The van der Waals surface area contributed by atoms with Crippen LogP contribution in [0.15, 0.2) is 34.7 Å². The highest BCUT2D eigenvalue weighted by Crippen LogP contribution is 2.38. The predicted molar refractivity (Wildman–Crippen MR) is 120 cm³/mol. The molecule has 1 N–H and O–H groups in total. The highest BCUT2D eigenvalue weighted by atomic mass is 35.5. The molecule has 0 saturated carbocycles. The van der Waals surface area contributed by atoms with Crippen molar-refractivity contribution < 1.29 is 19.0 Å². The zero-order chi connectivity index (χ0) is 21.7. The molecule has 0 aliphatic heterocycles. The molecular formula is C19H17Cl2N3O4S2. The van der Waals surface area contributed by atoms with Gasteiger partial charge in [0.05, 0.1) is 21.3 Å². The first-order valence-electron chi connectivity index (χ1n) is 8.46. The van der Waals surface area contributed by atoms with Crippen LogP contribution < -0.4 is 19.5 Å². The van der Waals surface area contributed by atoms with Gasteiger partial charge < -0.3 is 14.2 Å². The molecule has 3 rings (SSSR count). The molecule has 0 unspecified atom stereocenters. The molecule has 1 aromatic heterocycles. The molecule has 1 amide bonds. The summed E-state index contributed by atoms with van der Waals surface area (Å²) in [4.78, 5) is 12.7. The first kappa shape index (κ1) is 22.5. The Morgan fingerprint density at radius 2 is 1.77 bits per heavy atom. The van der Waals surface area contributed by atoms with Gasteiger partial charge in [0.2, 0.25) is 10.9 Å². The van der Waals surface area contributed by atoms with Crippen molar-refractivity contribution in [2.24, 2.45) is 0 Å². The Bertz CT molecular complexity index is 1040. The molecule has 0 aliphatic carbocycles. The topological polar surface area (TPSA) is 82.6 Å². The normalized spacial score (nSPS) is 10.6. The lowest BCUT2D eigenvalue weighted by atomic mass is 10.1. The Kier molecular flexibility index (Phi) is 7.65. The SMILES string of the molecule is COc1cc(C(=O)Nc2nnc(SCc3ccc(Cl)cc3Cl)s2)cc(OC)c1OC. The Labute approximate surface area is 191 Å². The number of nitrogens with one attached hydrogen (secondary N) is 1. The van der Waals surface area contributed by atoms with Crippen LogP contribution in [0.2, 0.25) is 10.0 Å². The molecule has 158 valence electrons. The molecule has 11 heteroatoms. The number of nitrogens with zero attached hydrogens (tertiary/aromatic N) is 2. The van der Waals surface area contributed by atoms with E-state index in [2.05, 4.69) is 15.5 Å². The number of methoxy groups -OCH3 is 3. The maximum absolute atomic E-state index is 12.7. The molecule has 1 heterocycles. The Hall–Kier alpha value is -2.20. The van der Waals surface area contributed by atoms with Crippen molar-refractivity contribution in [3.05, 3.63) is 51.5 Å². The first-order chi connectivity index (χ1) is 14.4. The Balaban J connectivity index is 1.69. The fourth-order valence-corrected chi connectivity index (χ4v) is 4.78. The molecule has 2 aromatic carbocycles. The van der Waals surface area contributed by atoms with Crippen LogP contribution in [0.25, 0.3) is 0 Å². The van der Waals surface area contributed by atoms with Gasteiger partial charge in [0.1, 0.15) is 0 Å². The molecule has 0 fully saturated rings. The number of hydrogen-bond donors (Lipinski definition) is 1. The van der Waals surface area contributed by atoms with Crippen molar-refractivity contribution in [2.75, 3.05) is 26.6 Å². The van der Waals surface area contributed by atoms with E-state index in [-0.39, 0.29) is 5.91 Å². The van der Waals surface area contributed by atoms with Gasteiger partial charge in [-0.15, -0.1) is 10.2 Å². The van der Waals surface area contributed by atoms with Gasteiger partial charge in [0, 0.05) is 21.4 Å². The van der Waals surface area contributed by atoms with Gasteiger partial charge in [-0.3, -0.25) is 10.1 Å². The summed E-state index contributed by atoms with van der Waals surface area (Å²) in [7, 11) is 4.47. The summed E-state index contributed by atoms with van der Waals surface area (Å²) >= 11 is 14.8. The standard InChI is InChI=1S/C19H17Cl2N3O4S2/c1-26-14-6-11(7-15(27-2)16(14)28-3)17(25)22-18-23-24-19(30-18)29-9-10-4-5-12(20)8-13(10)21/h4-8H,9H2,1-3H3,(H,22,23,25). The fourth-order valence-electron chi connectivity index (χ4n) is 2.48. The minimum Gasteiger partial charge on any atom is -0.493 e. The third-order valence-electron chi connectivity index (χ3n) is 3.92. The number of halogens is 2. The highest BCUT2D eigenvalue weighted by Gasteiger charge is 2.18. The van der Waals surface area contributed by atoms with E-state index in [1.807, 2.05) is 6.07 Å². The summed E-state index contributed by atoms with van der Waals surface area (Å²) in [5.41, 5.74) is 1.27. The second-order valence-corrected chi connectivity index (χ2v) is 8.81. The number of aromatic nitrogens is 2. The molecule has 0 saturated heterocycles. The maximum Gasteiger partial charge on any atom is 0.257 e. The zero-order valence-corrected chi connectivity index (χ0v) is 19.3. The van der Waals surface area contributed by atoms with E-state index in [0.29, 0.717) is 48.1 Å². The maximum atomic E-state index is 12.7. The zero-order valence-electron chi connectivity index (χ0n) is 16.2. The lowest BCUT2D eigenvalue weighted by molar-refractivity contribution is 0.102. The van der Waals surface area contributed by atoms with Gasteiger partial charge in [-0.25, -0.2) is 0 Å². The van der Waals surface area contributed by atoms with Gasteiger partial charge in [0.25, 0.3) is 5.91 Å². The Morgan fingerprint density at radius 3 is 2.37 bits per heavy atom. The number of carbonyl (C=O) groups is 1. The van der Waals surface area contributed by atoms with Crippen molar-refractivity contribution >= 4 is 57.3 Å². The highest BCUT2D eigenvalue weighted by molar-refractivity contribution is 8.00. The average Bonchev–Trinajstić information content (AvgIpc) is 3.19. The second-order valence-electron chi connectivity index (χ2n) is 5.77. The van der Waals surface area contributed by atoms with Crippen LogP contribution >= 0.6 is 46.3 Å². The van der Waals surface area contributed by atoms with E-state index < -0.39 is 0 Å².